The van der Waals surface area contributed by atoms with Crippen LogP contribution in [0.25, 0.3) is 0 Å². The van der Waals surface area contributed by atoms with Crippen molar-refractivity contribution in [2.24, 2.45) is 0 Å². The molecular weight excluding hydrogens is 218 g/mol. The lowest BCUT2D eigenvalue weighted by Crippen LogP contribution is -2.07. The Morgan fingerprint density at radius 3 is 2.29 bits per heavy atom. The molecule has 0 bridgehead atoms. The van der Waals surface area contributed by atoms with Gasteiger partial charge in [-0.3, -0.25) is 0 Å². The summed E-state index contributed by atoms with van der Waals surface area (Å²) in [6.07, 6.45) is -4.63. The summed E-state index contributed by atoms with van der Waals surface area (Å²) in [5.74, 6) is -1.01. The van der Waals surface area contributed by atoms with Crippen LogP contribution in [0.5, 0.6) is 0 Å². The minimum atomic E-state index is -4.63. The molecule has 0 saturated heterocycles. The maximum Gasteiger partial charge on any atom is 0.417 e. The minimum Gasteiger partial charge on any atom is -0.206 e. The van der Waals surface area contributed by atoms with Gasteiger partial charge in [0, 0.05) is 4.90 Å². The predicted molar refractivity (Wildman–Crippen MR) is 43.4 cm³/mol. The van der Waals surface area contributed by atoms with Gasteiger partial charge >= 0.3 is 6.18 Å². The number of thiol groups is 1. The first kappa shape index (κ1) is 10.9. The first-order chi connectivity index (χ1) is 6.36. The molecule has 0 aliphatic heterocycles. The first-order valence-electron chi connectivity index (χ1n) is 3.36. The zero-order chi connectivity index (χ0) is 10.9. The van der Waals surface area contributed by atoms with E-state index in [0.717, 1.165) is 0 Å². The fourth-order valence-electron chi connectivity index (χ4n) is 0.875. The van der Waals surface area contributed by atoms with Gasteiger partial charge in [0.05, 0.1) is 11.1 Å². The van der Waals surface area contributed by atoms with E-state index in [0.29, 0.717) is 12.1 Å². The summed E-state index contributed by atoms with van der Waals surface area (Å²) >= 11 is 3.48. The molecule has 14 heavy (non-hydrogen) atoms. The molecule has 0 amide bonds. The average Bonchev–Trinajstić information content (AvgIpc) is 2.02. The largest absolute Gasteiger partial charge is 0.417 e. The highest BCUT2D eigenvalue weighted by Crippen LogP contribution is 2.34. The van der Waals surface area contributed by atoms with Crippen molar-refractivity contribution in [3.8, 4) is 6.07 Å². The third-order valence-electron chi connectivity index (χ3n) is 1.51. The van der Waals surface area contributed by atoms with E-state index in [2.05, 4.69) is 12.6 Å². The van der Waals surface area contributed by atoms with Crippen molar-refractivity contribution >= 4 is 12.6 Å². The lowest BCUT2D eigenvalue weighted by molar-refractivity contribution is -0.139. The van der Waals surface area contributed by atoms with Gasteiger partial charge in [0.15, 0.2) is 0 Å². The van der Waals surface area contributed by atoms with E-state index in [1.807, 2.05) is 0 Å². The van der Waals surface area contributed by atoms with Crippen molar-refractivity contribution in [2.45, 2.75) is 11.1 Å². The Kier molecular flexibility index (Phi) is 2.71. The minimum absolute atomic E-state index is 0.442. The molecule has 1 rings (SSSR count). The zero-order valence-corrected chi connectivity index (χ0v) is 7.46. The summed E-state index contributed by atoms with van der Waals surface area (Å²) in [5, 5.41) is 8.32. The predicted octanol–water partition coefficient (Wildman–Crippen LogP) is 3.00. The van der Waals surface area contributed by atoms with Crippen LogP contribution >= 0.6 is 12.6 Å². The van der Waals surface area contributed by atoms with E-state index >= 15 is 0 Å². The van der Waals surface area contributed by atoms with Crippen molar-refractivity contribution in [1.29, 1.82) is 5.26 Å². The summed E-state index contributed by atoms with van der Waals surface area (Å²) in [5.41, 5.74) is -1.76. The molecule has 1 nitrogen and oxygen atoms in total. The van der Waals surface area contributed by atoms with Gasteiger partial charge < -0.3 is 0 Å². The van der Waals surface area contributed by atoms with Crippen LogP contribution in [-0.2, 0) is 6.18 Å². The van der Waals surface area contributed by atoms with Crippen molar-refractivity contribution in [3.05, 3.63) is 29.1 Å². The second-order valence-electron chi connectivity index (χ2n) is 2.46. The van der Waals surface area contributed by atoms with E-state index in [1.54, 1.807) is 0 Å². The van der Waals surface area contributed by atoms with Gasteiger partial charge in [-0.2, -0.15) is 18.4 Å². The number of hydrogen-bond donors (Lipinski definition) is 1. The van der Waals surface area contributed by atoms with Crippen LogP contribution in [0.4, 0.5) is 17.6 Å². The summed E-state index contributed by atoms with van der Waals surface area (Å²) < 4.78 is 49.4. The van der Waals surface area contributed by atoms with Crippen LogP contribution in [0, 0.1) is 17.1 Å². The van der Waals surface area contributed by atoms with E-state index < -0.39 is 28.0 Å². The fraction of sp³-hybridized carbons (Fsp3) is 0.125. The zero-order valence-electron chi connectivity index (χ0n) is 6.56. The quantitative estimate of drug-likeness (QED) is 0.528. The van der Waals surface area contributed by atoms with E-state index in [4.69, 9.17) is 5.26 Å². The third kappa shape index (κ3) is 1.99. The Hall–Kier alpha value is -1.22. The highest BCUT2D eigenvalue weighted by molar-refractivity contribution is 7.80. The molecule has 1 aromatic rings. The van der Waals surface area contributed by atoms with Crippen LogP contribution in [0.15, 0.2) is 17.0 Å². The van der Waals surface area contributed by atoms with Crippen LogP contribution in [0.1, 0.15) is 11.1 Å². The molecular formula is C8H3F4NS. The lowest BCUT2D eigenvalue weighted by atomic mass is 10.1. The number of benzene rings is 1. The molecule has 6 heteroatoms. The molecule has 0 aliphatic carbocycles. The number of alkyl halides is 3. The van der Waals surface area contributed by atoms with Crippen LogP contribution in [-0.4, -0.2) is 0 Å². The second kappa shape index (κ2) is 3.50. The standard InChI is InChI=1S/C8H3F4NS/c9-6-2-7(14)5(8(10,11)12)1-4(6)3-13/h1-2,14H. The normalized spacial score (nSPS) is 11.1. The molecule has 0 heterocycles. The maximum absolute atomic E-state index is 12.8. The van der Waals surface area contributed by atoms with Gasteiger partial charge in [-0.15, -0.1) is 12.6 Å². The van der Waals surface area contributed by atoms with Crippen LogP contribution in [0.2, 0.25) is 0 Å². The monoisotopic (exact) mass is 221 g/mol. The number of hydrogen-bond acceptors (Lipinski definition) is 2. The third-order valence-corrected chi connectivity index (χ3v) is 1.88. The molecule has 0 aromatic heterocycles. The number of nitriles is 1. The molecule has 0 fully saturated rings. The van der Waals surface area contributed by atoms with Gasteiger partial charge in [0.25, 0.3) is 0 Å². The van der Waals surface area contributed by atoms with Gasteiger partial charge in [-0.25, -0.2) is 4.39 Å². The average molecular weight is 221 g/mol. The van der Waals surface area contributed by atoms with Crippen molar-refractivity contribution in [1.82, 2.24) is 0 Å². The van der Waals surface area contributed by atoms with Crippen LogP contribution in [0.3, 0.4) is 0 Å². The molecule has 1 aromatic carbocycles. The molecule has 0 unspecified atom stereocenters. The second-order valence-corrected chi connectivity index (χ2v) is 2.94. The highest BCUT2D eigenvalue weighted by atomic mass is 32.1. The van der Waals surface area contributed by atoms with Gasteiger partial charge in [0.1, 0.15) is 11.9 Å². The molecule has 0 atom stereocenters. The molecule has 0 aliphatic rings. The first-order valence-corrected chi connectivity index (χ1v) is 3.81. The fourth-order valence-corrected chi connectivity index (χ4v) is 1.18. The summed E-state index contributed by atoms with van der Waals surface area (Å²) in [7, 11) is 0. The number of nitrogens with zero attached hydrogens (tertiary/aromatic N) is 1. The molecule has 74 valence electrons. The SMILES string of the molecule is N#Cc1cc(C(F)(F)F)c(S)cc1F. The van der Waals surface area contributed by atoms with Crippen molar-refractivity contribution in [2.75, 3.05) is 0 Å². The molecule has 0 saturated carbocycles. The van der Waals surface area contributed by atoms with Gasteiger partial charge in [-0.1, -0.05) is 0 Å². The smallest absolute Gasteiger partial charge is 0.206 e. The van der Waals surface area contributed by atoms with Crippen molar-refractivity contribution < 1.29 is 17.6 Å². The number of halogens is 4. The maximum atomic E-state index is 12.8. The van der Waals surface area contributed by atoms with Gasteiger partial charge in [-0.05, 0) is 12.1 Å². The van der Waals surface area contributed by atoms with E-state index in [1.165, 1.54) is 6.07 Å². The Balaban J connectivity index is 3.41. The Morgan fingerprint density at radius 1 is 1.29 bits per heavy atom. The molecule has 0 spiro atoms. The van der Waals surface area contributed by atoms with E-state index in [9.17, 15) is 17.6 Å². The lowest BCUT2D eigenvalue weighted by Gasteiger charge is -2.09. The summed E-state index contributed by atoms with van der Waals surface area (Å²) in [6.45, 7) is 0. The van der Waals surface area contributed by atoms with E-state index in [-0.39, 0.29) is 0 Å². The summed E-state index contributed by atoms with van der Waals surface area (Å²) in [4.78, 5) is -0.533. The molecule has 0 N–H and O–H groups in total. The summed E-state index contributed by atoms with van der Waals surface area (Å²) in [6, 6.07) is 2.34. The Labute approximate surface area is 82.4 Å². The number of rotatable bonds is 0. The highest BCUT2D eigenvalue weighted by Gasteiger charge is 2.33. The Morgan fingerprint density at radius 2 is 1.86 bits per heavy atom. The molecule has 0 radical (unpaired) electrons. The van der Waals surface area contributed by atoms with Crippen LogP contribution < -0.4 is 0 Å². The van der Waals surface area contributed by atoms with Gasteiger partial charge in [0.2, 0.25) is 0 Å². The topological polar surface area (TPSA) is 23.8 Å². The van der Waals surface area contributed by atoms with Crippen molar-refractivity contribution in [3.63, 3.8) is 0 Å². The Bertz CT molecular complexity index is 405.